The lowest BCUT2D eigenvalue weighted by molar-refractivity contribution is -0.147. The number of hydrogen-bond acceptors (Lipinski definition) is 4. The van der Waals surface area contributed by atoms with E-state index in [0.717, 1.165) is 19.0 Å². The molecular formula is C15H26N2O3. The van der Waals surface area contributed by atoms with Crippen molar-refractivity contribution in [3.05, 3.63) is 0 Å². The van der Waals surface area contributed by atoms with Gasteiger partial charge in [-0.3, -0.25) is 14.5 Å². The Kier molecular flexibility index (Phi) is 4.37. The molecule has 1 amide bonds. The molecule has 1 heterocycles. The molecular weight excluding hydrogens is 256 g/mol. The molecule has 0 aromatic heterocycles. The molecule has 2 aliphatic rings. The molecule has 1 aliphatic carbocycles. The third-order valence-corrected chi connectivity index (χ3v) is 4.40. The lowest BCUT2D eigenvalue weighted by Gasteiger charge is -2.25. The number of carbonyl (C=O) groups excluding carboxylic acids is 2. The Morgan fingerprint density at radius 2 is 2.00 bits per heavy atom. The minimum atomic E-state index is -0.719. The molecule has 2 rings (SSSR count). The van der Waals surface area contributed by atoms with Crippen molar-refractivity contribution in [3.8, 4) is 0 Å². The molecule has 2 fully saturated rings. The standard InChI is InChI=1S/C15H26N2O3/c1-10-7-11(9-17(10)12-5-6-12)16-14(19)15(2,3)8-13(18)20-4/h10-12H,5-9H2,1-4H3,(H,16,19). The summed E-state index contributed by atoms with van der Waals surface area (Å²) >= 11 is 0. The fourth-order valence-corrected chi connectivity index (χ4v) is 2.97. The van der Waals surface area contributed by atoms with Gasteiger partial charge in [0.1, 0.15) is 0 Å². The molecule has 2 atom stereocenters. The summed E-state index contributed by atoms with van der Waals surface area (Å²) in [6.45, 7) is 6.74. The molecule has 1 saturated heterocycles. The van der Waals surface area contributed by atoms with Crippen LogP contribution in [0.1, 0.15) is 46.5 Å². The molecule has 0 radical (unpaired) electrons. The predicted molar refractivity (Wildman–Crippen MR) is 76.2 cm³/mol. The average Bonchev–Trinajstić information content (AvgIpc) is 3.13. The molecule has 1 saturated carbocycles. The van der Waals surface area contributed by atoms with Gasteiger partial charge in [0, 0.05) is 24.7 Å². The number of amides is 1. The third-order valence-electron chi connectivity index (χ3n) is 4.40. The van der Waals surface area contributed by atoms with E-state index in [4.69, 9.17) is 0 Å². The second kappa shape index (κ2) is 5.72. The number of hydrogen-bond donors (Lipinski definition) is 1. The quantitative estimate of drug-likeness (QED) is 0.773. The van der Waals surface area contributed by atoms with Gasteiger partial charge in [0.25, 0.3) is 0 Å². The van der Waals surface area contributed by atoms with Crippen LogP contribution >= 0.6 is 0 Å². The van der Waals surface area contributed by atoms with Crippen LogP contribution in [0.5, 0.6) is 0 Å². The fraction of sp³-hybridized carbons (Fsp3) is 0.867. The van der Waals surface area contributed by atoms with Crippen LogP contribution in [0.15, 0.2) is 0 Å². The molecule has 0 bridgehead atoms. The van der Waals surface area contributed by atoms with Crippen LogP contribution in [-0.2, 0) is 14.3 Å². The second-order valence-corrected chi connectivity index (χ2v) is 6.82. The number of nitrogens with zero attached hydrogens (tertiary/aromatic N) is 1. The smallest absolute Gasteiger partial charge is 0.306 e. The summed E-state index contributed by atoms with van der Waals surface area (Å²) in [7, 11) is 1.35. The van der Waals surface area contributed by atoms with Crippen molar-refractivity contribution >= 4 is 11.9 Å². The Hall–Kier alpha value is -1.10. The van der Waals surface area contributed by atoms with Crippen molar-refractivity contribution in [1.29, 1.82) is 0 Å². The number of rotatable bonds is 5. The zero-order chi connectivity index (χ0) is 14.9. The number of carbonyl (C=O) groups is 2. The van der Waals surface area contributed by atoms with Gasteiger partial charge in [-0.25, -0.2) is 0 Å². The summed E-state index contributed by atoms with van der Waals surface area (Å²) in [5.74, 6) is -0.401. The highest BCUT2D eigenvalue weighted by molar-refractivity contribution is 5.86. The number of ether oxygens (including phenoxy) is 1. The van der Waals surface area contributed by atoms with Crippen LogP contribution in [0.3, 0.4) is 0 Å². The molecule has 5 nitrogen and oxygen atoms in total. The summed E-state index contributed by atoms with van der Waals surface area (Å²) < 4.78 is 4.65. The van der Waals surface area contributed by atoms with E-state index < -0.39 is 5.41 Å². The van der Waals surface area contributed by atoms with Crippen molar-refractivity contribution < 1.29 is 14.3 Å². The zero-order valence-corrected chi connectivity index (χ0v) is 12.9. The lowest BCUT2D eigenvalue weighted by atomic mass is 9.88. The van der Waals surface area contributed by atoms with Crippen molar-refractivity contribution in [2.24, 2.45) is 5.41 Å². The molecule has 0 spiro atoms. The molecule has 1 N–H and O–H groups in total. The van der Waals surface area contributed by atoms with E-state index >= 15 is 0 Å². The van der Waals surface area contributed by atoms with E-state index in [2.05, 4.69) is 21.9 Å². The maximum Gasteiger partial charge on any atom is 0.306 e. The number of methoxy groups -OCH3 is 1. The molecule has 1 aliphatic heterocycles. The first-order valence-corrected chi connectivity index (χ1v) is 7.47. The van der Waals surface area contributed by atoms with E-state index in [1.54, 1.807) is 13.8 Å². The van der Waals surface area contributed by atoms with Gasteiger partial charge in [0.05, 0.1) is 18.9 Å². The van der Waals surface area contributed by atoms with Crippen LogP contribution < -0.4 is 5.32 Å². The second-order valence-electron chi connectivity index (χ2n) is 6.82. The Labute approximate surface area is 121 Å². The normalized spacial score (nSPS) is 27.4. The Balaban J connectivity index is 1.86. The molecule has 0 aromatic carbocycles. The summed E-state index contributed by atoms with van der Waals surface area (Å²) in [4.78, 5) is 26.2. The van der Waals surface area contributed by atoms with Crippen LogP contribution in [0.25, 0.3) is 0 Å². The van der Waals surface area contributed by atoms with Crippen LogP contribution in [0.4, 0.5) is 0 Å². The van der Waals surface area contributed by atoms with Crippen molar-refractivity contribution in [1.82, 2.24) is 10.2 Å². The van der Waals surface area contributed by atoms with Gasteiger partial charge in [-0.15, -0.1) is 0 Å². The van der Waals surface area contributed by atoms with E-state index in [9.17, 15) is 9.59 Å². The topological polar surface area (TPSA) is 58.6 Å². The predicted octanol–water partition coefficient (Wildman–Crippen LogP) is 1.32. The minimum absolute atomic E-state index is 0.0576. The minimum Gasteiger partial charge on any atom is -0.469 e. The van der Waals surface area contributed by atoms with Gasteiger partial charge in [-0.05, 0) is 26.2 Å². The van der Waals surface area contributed by atoms with Gasteiger partial charge >= 0.3 is 5.97 Å². The highest BCUT2D eigenvalue weighted by Gasteiger charge is 2.40. The van der Waals surface area contributed by atoms with Gasteiger partial charge in [0.15, 0.2) is 0 Å². The third kappa shape index (κ3) is 3.51. The SMILES string of the molecule is COC(=O)CC(C)(C)C(=O)NC1CC(C)N(C2CC2)C1. The van der Waals surface area contributed by atoms with Crippen molar-refractivity contribution in [2.75, 3.05) is 13.7 Å². The maximum absolute atomic E-state index is 12.3. The lowest BCUT2D eigenvalue weighted by Crippen LogP contribution is -2.45. The summed E-state index contributed by atoms with van der Waals surface area (Å²) in [5, 5.41) is 3.10. The Bertz CT molecular complexity index is 391. The zero-order valence-electron chi connectivity index (χ0n) is 12.9. The molecule has 114 valence electrons. The first-order valence-electron chi connectivity index (χ1n) is 7.47. The summed E-state index contributed by atoms with van der Waals surface area (Å²) in [5.41, 5.74) is -0.719. The van der Waals surface area contributed by atoms with Crippen LogP contribution in [0.2, 0.25) is 0 Å². The molecule has 5 heteroatoms. The molecule has 20 heavy (non-hydrogen) atoms. The van der Waals surface area contributed by atoms with E-state index in [-0.39, 0.29) is 24.3 Å². The van der Waals surface area contributed by atoms with Crippen molar-refractivity contribution in [3.63, 3.8) is 0 Å². The Morgan fingerprint density at radius 3 is 2.55 bits per heavy atom. The van der Waals surface area contributed by atoms with Gasteiger partial charge in [-0.2, -0.15) is 0 Å². The van der Waals surface area contributed by atoms with Crippen LogP contribution in [-0.4, -0.2) is 48.6 Å². The highest BCUT2D eigenvalue weighted by atomic mass is 16.5. The van der Waals surface area contributed by atoms with Gasteiger partial charge in [0.2, 0.25) is 5.91 Å². The first kappa shape index (κ1) is 15.3. The number of likely N-dealkylation sites (tertiary alicyclic amines) is 1. The number of nitrogens with one attached hydrogen (secondary N) is 1. The van der Waals surface area contributed by atoms with Crippen molar-refractivity contribution in [2.45, 2.75) is 64.6 Å². The monoisotopic (exact) mass is 282 g/mol. The largest absolute Gasteiger partial charge is 0.469 e. The van der Waals surface area contributed by atoms with Crippen LogP contribution in [0, 0.1) is 5.41 Å². The molecule has 0 aromatic rings. The summed E-state index contributed by atoms with van der Waals surface area (Å²) in [6.07, 6.45) is 3.69. The highest BCUT2D eigenvalue weighted by Crippen LogP contribution is 2.33. The van der Waals surface area contributed by atoms with Gasteiger partial charge in [-0.1, -0.05) is 13.8 Å². The average molecular weight is 282 g/mol. The first-order chi connectivity index (χ1) is 9.33. The van der Waals surface area contributed by atoms with E-state index in [1.165, 1.54) is 20.0 Å². The summed E-state index contributed by atoms with van der Waals surface area (Å²) in [6, 6.07) is 1.47. The Morgan fingerprint density at radius 1 is 1.35 bits per heavy atom. The fourth-order valence-electron chi connectivity index (χ4n) is 2.97. The van der Waals surface area contributed by atoms with Gasteiger partial charge < -0.3 is 10.1 Å². The maximum atomic E-state index is 12.3. The molecule has 2 unspecified atom stereocenters. The number of esters is 1. The van der Waals surface area contributed by atoms with E-state index in [1.807, 2.05) is 0 Å². The van der Waals surface area contributed by atoms with E-state index in [0.29, 0.717) is 6.04 Å².